The third kappa shape index (κ3) is 6.03. The lowest BCUT2D eigenvalue weighted by molar-refractivity contribution is -0.123. The maximum Gasteiger partial charge on any atom is 0.405 e. The molecular weight excluding hydrogens is 405 g/mol. The number of hydrogen-bond acceptors (Lipinski definition) is 5. The Kier molecular flexibility index (Phi) is 7.51. The van der Waals surface area contributed by atoms with Crippen molar-refractivity contribution in [3.05, 3.63) is 47.5 Å². The van der Waals surface area contributed by atoms with Crippen LogP contribution in [-0.2, 0) is 11.2 Å². The maximum atomic E-state index is 12.5. The van der Waals surface area contributed by atoms with Crippen LogP contribution in [0.5, 0.6) is 17.2 Å². The SMILES string of the molecule is COc1cc(CC(=O)Nc2ccccc2C(=O)NCC(F)(F)F)cc(OC)c1OC. The largest absolute Gasteiger partial charge is 0.493 e. The van der Waals surface area contributed by atoms with E-state index in [4.69, 9.17) is 14.2 Å². The van der Waals surface area contributed by atoms with E-state index in [1.165, 1.54) is 39.5 Å². The first kappa shape index (κ1) is 22.9. The summed E-state index contributed by atoms with van der Waals surface area (Å²) in [7, 11) is 4.33. The average molecular weight is 426 g/mol. The van der Waals surface area contributed by atoms with E-state index < -0.39 is 24.5 Å². The van der Waals surface area contributed by atoms with Crippen molar-refractivity contribution in [3.63, 3.8) is 0 Å². The lowest BCUT2D eigenvalue weighted by Crippen LogP contribution is -2.34. The van der Waals surface area contributed by atoms with E-state index in [1.807, 2.05) is 0 Å². The second-order valence-corrected chi connectivity index (χ2v) is 6.10. The van der Waals surface area contributed by atoms with Crippen molar-refractivity contribution in [1.82, 2.24) is 5.32 Å². The first-order valence-electron chi connectivity index (χ1n) is 8.71. The van der Waals surface area contributed by atoms with Crippen molar-refractivity contribution in [3.8, 4) is 17.2 Å². The topological polar surface area (TPSA) is 85.9 Å². The summed E-state index contributed by atoms with van der Waals surface area (Å²) in [5, 5.41) is 4.33. The van der Waals surface area contributed by atoms with Gasteiger partial charge < -0.3 is 24.8 Å². The fourth-order valence-corrected chi connectivity index (χ4v) is 2.68. The van der Waals surface area contributed by atoms with E-state index in [1.54, 1.807) is 23.5 Å². The lowest BCUT2D eigenvalue weighted by atomic mass is 10.1. The third-order valence-electron chi connectivity index (χ3n) is 3.98. The monoisotopic (exact) mass is 426 g/mol. The van der Waals surface area contributed by atoms with Gasteiger partial charge in [-0.25, -0.2) is 0 Å². The van der Waals surface area contributed by atoms with Gasteiger partial charge in [0.15, 0.2) is 11.5 Å². The Labute approximate surface area is 171 Å². The first-order valence-corrected chi connectivity index (χ1v) is 8.71. The van der Waals surface area contributed by atoms with Gasteiger partial charge in [-0.3, -0.25) is 9.59 Å². The average Bonchev–Trinajstić information content (AvgIpc) is 2.70. The highest BCUT2D eigenvalue weighted by atomic mass is 19.4. The number of ether oxygens (including phenoxy) is 3. The van der Waals surface area contributed by atoms with Gasteiger partial charge in [-0.15, -0.1) is 0 Å². The van der Waals surface area contributed by atoms with Crippen LogP contribution in [0.1, 0.15) is 15.9 Å². The van der Waals surface area contributed by atoms with Crippen LogP contribution in [0.25, 0.3) is 0 Å². The number of para-hydroxylation sites is 1. The molecule has 0 bridgehead atoms. The van der Waals surface area contributed by atoms with Gasteiger partial charge in [-0.05, 0) is 29.8 Å². The van der Waals surface area contributed by atoms with Gasteiger partial charge in [0.05, 0.1) is 39.0 Å². The Balaban J connectivity index is 2.17. The molecule has 0 saturated heterocycles. The van der Waals surface area contributed by atoms with E-state index in [0.717, 1.165) is 0 Å². The van der Waals surface area contributed by atoms with Crippen LogP contribution in [0, 0.1) is 0 Å². The Morgan fingerprint density at radius 3 is 2.10 bits per heavy atom. The number of amides is 2. The maximum absolute atomic E-state index is 12.5. The molecule has 2 amide bonds. The molecule has 162 valence electrons. The number of nitrogens with one attached hydrogen (secondary N) is 2. The lowest BCUT2D eigenvalue weighted by Gasteiger charge is -2.15. The van der Waals surface area contributed by atoms with Crippen molar-refractivity contribution < 1.29 is 37.0 Å². The molecule has 30 heavy (non-hydrogen) atoms. The molecule has 2 aromatic carbocycles. The summed E-state index contributed by atoms with van der Waals surface area (Å²) in [5.41, 5.74) is 0.551. The molecule has 10 heteroatoms. The van der Waals surface area contributed by atoms with Crippen LogP contribution < -0.4 is 24.8 Å². The van der Waals surface area contributed by atoms with Gasteiger partial charge in [-0.2, -0.15) is 13.2 Å². The molecule has 0 atom stereocenters. The highest BCUT2D eigenvalue weighted by Gasteiger charge is 2.28. The zero-order valence-corrected chi connectivity index (χ0v) is 16.6. The number of carbonyl (C=O) groups is 2. The minimum atomic E-state index is -4.54. The third-order valence-corrected chi connectivity index (χ3v) is 3.98. The number of carbonyl (C=O) groups excluding carboxylic acids is 2. The zero-order chi connectivity index (χ0) is 22.3. The predicted molar refractivity (Wildman–Crippen MR) is 103 cm³/mol. The molecular formula is C20H21F3N2O5. The van der Waals surface area contributed by atoms with Crippen molar-refractivity contribution in [2.75, 3.05) is 33.2 Å². The fraction of sp³-hybridized carbons (Fsp3) is 0.300. The Morgan fingerprint density at radius 2 is 1.57 bits per heavy atom. The van der Waals surface area contributed by atoms with Crippen LogP contribution in [0.3, 0.4) is 0 Å². The number of rotatable bonds is 8. The van der Waals surface area contributed by atoms with Crippen molar-refractivity contribution in [2.45, 2.75) is 12.6 Å². The quantitative estimate of drug-likeness (QED) is 0.677. The summed E-state index contributed by atoms with van der Waals surface area (Å²) in [6, 6.07) is 8.98. The molecule has 2 rings (SSSR count). The number of hydrogen-bond donors (Lipinski definition) is 2. The van der Waals surface area contributed by atoms with E-state index in [2.05, 4.69) is 5.32 Å². The van der Waals surface area contributed by atoms with Crippen molar-refractivity contribution in [2.24, 2.45) is 0 Å². The molecule has 7 nitrogen and oxygen atoms in total. The van der Waals surface area contributed by atoms with E-state index >= 15 is 0 Å². The number of benzene rings is 2. The molecule has 2 N–H and O–H groups in total. The predicted octanol–water partition coefficient (Wildman–Crippen LogP) is 3.19. The van der Waals surface area contributed by atoms with Gasteiger partial charge in [0, 0.05) is 0 Å². The van der Waals surface area contributed by atoms with Gasteiger partial charge in [-0.1, -0.05) is 12.1 Å². The van der Waals surface area contributed by atoms with E-state index in [9.17, 15) is 22.8 Å². The first-order chi connectivity index (χ1) is 14.2. The summed E-state index contributed by atoms with van der Waals surface area (Å²) in [6.07, 6.45) is -4.64. The summed E-state index contributed by atoms with van der Waals surface area (Å²) in [4.78, 5) is 24.6. The minimum Gasteiger partial charge on any atom is -0.493 e. The second-order valence-electron chi connectivity index (χ2n) is 6.10. The van der Waals surface area contributed by atoms with Crippen LogP contribution in [0.2, 0.25) is 0 Å². The molecule has 0 aliphatic rings. The fourth-order valence-electron chi connectivity index (χ4n) is 2.68. The van der Waals surface area contributed by atoms with Crippen molar-refractivity contribution in [1.29, 1.82) is 0 Å². The van der Waals surface area contributed by atoms with Crippen LogP contribution >= 0.6 is 0 Å². The highest BCUT2D eigenvalue weighted by Crippen LogP contribution is 2.38. The standard InChI is InChI=1S/C20H21F3N2O5/c1-28-15-8-12(9-16(29-2)18(15)30-3)10-17(26)25-14-7-5-4-6-13(14)19(27)24-11-20(21,22)23/h4-9H,10-11H2,1-3H3,(H,24,27)(H,25,26). The molecule has 2 aromatic rings. The Morgan fingerprint density at radius 1 is 0.967 bits per heavy atom. The molecule has 0 fully saturated rings. The molecule has 0 saturated carbocycles. The Bertz CT molecular complexity index is 891. The van der Waals surface area contributed by atoms with Gasteiger partial charge >= 0.3 is 6.18 Å². The minimum absolute atomic E-state index is 0.0833. The van der Waals surface area contributed by atoms with Crippen LogP contribution in [0.15, 0.2) is 36.4 Å². The molecule has 0 aliphatic carbocycles. The van der Waals surface area contributed by atoms with E-state index in [0.29, 0.717) is 22.8 Å². The summed E-state index contributed by atoms with van der Waals surface area (Å²) in [6.45, 7) is -1.47. The molecule has 0 aliphatic heterocycles. The molecule has 0 unspecified atom stereocenters. The second kappa shape index (κ2) is 9.86. The normalized spacial score (nSPS) is 10.9. The molecule has 0 aromatic heterocycles. The van der Waals surface area contributed by atoms with Crippen LogP contribution in [0.4, 0.5) is 18.9 Å². The van der Waals surface area contributed by atoms with Gasteiger partial charge in [0.2, 0.25) is 11.7 Å². The zero-order valence-electron chi connectivity index (χ0n) is 16.6. The number of anilines is 1. The summed E-state index contributed by atoms with van der Waals surface area (Å²) in [5.74, 6) is -0.328. The molecule has 0 spiro atoms. The number of alkyl halides is 3. The van der Waals surface area contributed by atoms with Gasteiger partial charge in [0.25, 0.3) is 5.91 Å². The van der Waals surface area contributed by atoms with Crippen LogP contribution in [-0.4, -0.2) is 45.9 Å². The smallest absolute Gasteiger partial charge is 0.405 e. The van der Waals surface area contributed by atoms with E-state index in [-0.39, 0.29) is 17.7 Å². The Hall–Kier alpha value is -3.43. The molecule has 0 heterocycles. The summed E-state index contributed by atoms with van der Waals surface area (Å²) < 4.78 is 52.8. The number of halogens is 3. The van der Waals surface area contributed by atoms with Gasteiger partial charge in [0.1, 0.15) is 6.54 Å². The molecule has 0 radical (unpaired) electrons. The highest BCUT2D eigenvalue weighted by molar-refractivity contribution is 6.04. The van der Waals surface area contributed by atoms with Crippen molar-refractivity contribution >= 4 is 17.5 Å². The summed E-state index contributed by atoms with van der Waals surface area (Å²) >= 11 is 0. The number of methoxy groups -OCH3 is 3.